The zero-order valence-corrected chi connectivity index (χ0v) is 12.4. The van der Waals surface area contributed by atoms with Crippen LogP contribution in [0.1, 0.15) is 27.2 Å². The van der Waals surface area contributed by atoms with E-state index < -0.39 is 8.07 Å². The molecular formula is C16H16O2Si. The normalized spacial score (nSPS) is 14.3. The Balaban J connectivity index is 2.30. The monoisotopic (exact) mass is 268 g/mol. The first-order valence-corrected chi connectivity index (χ1v) is 9.86. The number of carbonyl (C=O) groups excluding carboxylic acids is 1. The van der Waals surface area contributed by atoms with E-state index in [-0.39, 0.29) is 5.78 Å². The highest BCUT2D eigenvalue weighted by Gasteiger charge is 2.34. The van der Waals surface area contributed by atoms with Crippen LogP contribution in [0.15, 0.2) is 41.5 Å². The molecule has 1 aromatic heterocycles. The smallest absolute Gasteiger partial charge is 0.229 e. The van der Waals surface area contributed by atoms with Crippen molar-refractivity contribution in [3.63, 3.8) is 0 Å². The number of fused-ring (bicyclic) bond motifs is 2. The van der Waals surface area contributed by atoms with Crippen LogP contribution in [-0.2, 0) is 0 Å². The SMILES string of the molecule is C=C1c2ccccc2C(=O)c2occ([Si](C)(C)C)c21. The summed E-state index contributed by atoms with van der Waals surface area (Å²) in [6.45, 7) is 10.9. The number of furan rings is 1. The molecule has 0 radical (unpaired) electrons. The Bertz CT molecular complexity index is 702. The van der Waals surface area contributed by atoms with Crippen molar-refractivity contribution in [2.75, 3.05) is 0 Å². The molecule has 0 fully saturated rings. The van der Waals surface area contributed by atoms with Crippen LogP contribution in [0, 0.1) is 0 Å². The maximum Gasteiger partial charge on any atom is 0.229 e. The fourth-order valence-corrected chi connectivity index (χ4v) is 4.00. The molecule has 1 heterocycles. The quantitative estimate of drug-likeness (QED) is 0.633. The van der Waals surface area contributed by atoms with Crippen molar-refractivity contribution in [3.8, 4) is 0 Å². The van der Waals surface area contributed by atoms with E-state index in [0.717, 1.165) is 16.7 Å². The number of hydrogen-bond acceptors (Lipinski definition) is 2. The Morgan fingerprint density at radius 3 is 2.37 bits per heavy atom. The molecule has 3 heteroatoms. The van der Waals surface area contributed by atoms with Gasteiger partial charge in [-0.1, -0.05) is 50.5 Å². The maximum atomic E-state index is 12.5. The fourth-order valence-electron chi connectivity index (χ4n) is 2.58. The second kappa shape index (κ2) is 3.81. The molecule has 1 aliphatic rings. The third kappa shape index (κ3) is 1.65. The van der Waals surface area contributed by atoms with Crippen molar-refractivity contribution in [2.24, 2.45) is 0 Å². The van der Waals surface area contributed by atoms with Crippen LogP contribution in [0.5, 0.6) is 0 Å². The van der Waals surface area contributed by atoms with Gasteiger partial charge in [0, 0.05) is 11.1 Å². The lowest BCUT2D eigenvalue weighted by molar-refractivity contribution is 0.101. The van der Waals surface area contributed by atoms with Crippen LogP contribution in [0.4, 0.5) is 0 Å². The molecule has 96 valence electrons. The summed E-state index contributed by atoms with van der Waals surface area (Å²) in [6, 6.07) is 7.61. The Morgan fingerprint density at radius 2 is 1.74 bits per heavy atom. The van der Waals surface area contributed by atoms with Crippen LogP contribution in [0.25, 0.3) is 5.57 Å². The van der Waals surface area contributed by atoms with E-state index in [0.29, 0.717) is 11.3 Å². The summed E-state index contributed by atoms with van der Waals surface area (Å²) in [6.07, 6.45) is 1.76. The Hall–Kier alpha value is -1.87. The second-order valence-corrected chi connectivity index (χ2v) is 11.0. The van der Waals surface area contributed by atoms with Crippen molar-refractivity contribution in [1.82, 2.24) is 0 Å². The highest BCUT2D eigenvalue weighted by Crippen LogP contribution is 2.35. The zero-order valence-electron chi connectivity index (χ0n) is 11.4. The predicted molar refractivity (Wildman–Crippen MR) is 79.7 cm³/mol. The number of benzene rings is 1. The second-order valence-electron chi connectivity index (χ2n) is 5.96. The van der Waals surface area contributed by atoms with Crippen LogP contribution in [-0.4, -0.2) is 13.9 Å². The molecule has 2 aromatic rings. The maximum absolute atomic E-state index is 12.5. The molecule has 0 aliphatic heterocycles. The van der Waals surface area contributed by atoms with Gasteiger partial charge in [-0.3, -0.25) is 4.79 Å². The van der Waals surface area contributed by atoms with Gasteiger partial charge in [0.15, 0.2) is 5.76 Å². The van der Waals surface area contributed by atoms with Crippen LogP contribution in [0.3, 0.4) is 0 Å². The van der Waals surface area contributed by atoms with E-state index in [9.17, 15) is 4.79 Å². The zero-order chi connectivity index (χ0) is 13.8. The number of carbonyl (C=O) groups is 1. The number of rotatable bonds is 1. The molecule has 0 amide bonds. The summed E-state index contributed by atoms with van der Waals surface area (Å²) in [5.41, 5.74) is 3.47. The van der Waals surface area contributed by atoms with Gasteiger partial charge in [0.25, 0.3) is 0 Å². The summed E-state index contributed by atoms with van der Waals surface area (Å²) in [5.74, 6) is 0.434. The minimum Gasteiger partial charge on any atom is -0.460 e. The molecule has 0 spiro atoms. The molecule has 0 saturated carbocycles. The molecule has 1 aliphatic carbocycles. The highest BCUT2D eigenvalue weighted by molar-refractivity contribution is 6.89. The first-order chi connectivity index (χ1) is 8.91. The van der Waals surface area contributed by atoms with E-state index in [4.69, 9.17) is 4.42 Å². The lowest BCUT2D eigenvalue weighted by atomic mass is 9.86. The molecule has 0 saturated heterocycles. The van der Waals surface area contributed by atoms with Gasteiger partial charge in [-0.05, 0) is 16.3 Å². The molecule has 0 unspecified atom stereocenters. The van der Waals surface area contributed by atoms with E-state index >= 15 is 0 Å². The lowest BCUT2D eigenvalue weighted by Gasteiger charge is -2.21. The summed E-state index contributed by atoms with van der Waals surface area (Å²) in [5, 5.41) is 1.18. The summed E-state index contributed by atoms with van der Waals surface area (Å²) >= 11 is 0. The van der Waals surface area contributed by atoms with Crippen molar-refractivity contribution in [1.29, 1.82) is 0 Å². The van der Waals surface area contributed by atoms with Crippen LogP contribution in [0.2, 0.25) is 19.6 Å². The predicted octanol–water partition coefficient (Wildman–Crippen LogP) is 3.43. The first-order valence-electron chi connectivity index (χ1n) is 6.36. The molecule has 19 heavy (non-hydrogen) atoms. The van der Waals surface area contributed by atoms with Gasteiger partial charge in [0.1, 0.15) is 0 Å². The average molecular weight is 268 g/mol. The van der Waals surface area contributed by atoms with Crippen LogP contribution >= 0.6 is 0 Å². The highest BCUT2D eigenvalue weighted by atomic mass is 28.3. The standard InChI is InChI=1S/C16H16O2Si/c1-10-11-7-5-6-8-12(11)15(17)16-14(10)13(9-18-16)19(2,3)4/h5-9H,1H2,2-4H3. The first kappa shape index (κ1) is 12.2. The third-order valence-corrected chi connectivity index (χ3v) is 5.59. The molecule has 0 atom stereocenters. The summed E-state index contributed by atoms with van der Waals surface area (Å²) < 4.78 is 5.58. The average Bonchev–Trinajstić information content (AvgIpc) is 2.81. The van der Waals surface area contributed by atoms with Gasteiger partial charge in [0.05, 0.1) is 14.3 Å². The summed E-state index contributed by atoms with van der Waals surface area (Å²) in [4.78, 5) is 12.5. The Kier molecular flexibility index (Phi) is 2.44. The van der Waals surface area contributed by atoms with Gasteiger partial charge in [-0.2, -0.15) is 0 Å². The van der Waals surface area contributed by atoms with Crippen molar-refractivity contribution in [3.05, 3.63) is 59.6 Å². The van der Waals surface area contributed by atoms with E-state index in [1.807, 2.05) is 24.3 Å². The van der Waals surface area contributed by atoms with E-state index in [2.05, 4.69) is 26.2 Å². The van der Waals surface area contributed by atoms with Gasteiger partial charge in [0.2, 0.25) is 5.78 Å². The molecule has 2 nitrogen and oxygen atoms in total. The summed E-state index contributed by atoms with van der Waals surface area (Å²) in [7, 11) is -1.56. The molecule has 3 rings (SSSR count). The van der Waals surface area contributed by atoms with Gasteiger partial charge in [-0.15, -0.1) is 0 Å². The van der Waals surface area contributed by atoms with Gasteiger partial charge < -0.3 is 4.42 Å². The van der Waals surface area contributed by atoms with E-state index in [1.165, 1.54) is 5.19 Å². The fraction of sp³-hybridized carbons (Fsp3) is 0.188. The number of ketones is 1. The van der Waals surface area contributed by atoms with Crippen LogP contribution < -0.4 is 5.19 Å². The largest absolute Gasteiger partial charge is 0.460 e. The number of hydrogen-bond donors (Lipinski definition) is 0. The molecule has 1 aromatic carbocycles. The lowest BCUT2D eigenvalue weighted by Crippen LogP contribution is -2.39. The van der Waals surface area contributed by atoms with Gasteiger partial charge in [-0.25, -0.2) is 0 Å². The third-order valence-electron chi connectivity index (χ3n) is 3.60. The topological polar surface area (TPSA) is 30.2 Å². The molecule has 0 bridgehead atoms. The molecule has 0 N–H and O–H groups in total. The molecular weight excluding hydrogens is 252 g/mol. The van der Waals surface area contributed by atoms with E-state index in [1.54, 1.807) is 6.26 Å². The van der Waals surface area contributed by atoms with Crippen molar-refractivity contribution in [2.45, 2.75) is 19.6 Å². The Morgan fingerprint density at radius 1 is 1.11 bits per heavy atom. The Labute approximate surface area is 113 Å². The van der Waals surface area contributed by atoms with Crippen molar-refractivity contribution >= 4 is 24.6 Å². The van der Waals surface area contributed by atoms with Crippen molar-refractivity contribution < 1.29 is 9.21 Å². The van der Waals surface area contributed by atoms with Gasteiger partial charge >= 0.3 is 0 Å². The minimum absolute atomic E-state index is 0.0255. The minimum atomic E-state index is -1.56.